The van der Waals surface area contributed by atoms with Gasteiger partial charge in [0, 0.05) is 23.1 Å². The summed E-state index contributed by atoms with van der Waals surface area (Å²) in [6, 6.07) is 5.86. The third-order valence-corrected chi connectivity index (χ3v) is 3.13. The van der Waals surface area contributed by atoms with Gasteiger partial charge < -0.3 is 9.67 Å². The summed E-state index contributed by atoms with van der Waals surface area (Å²) in [7, 11) is 0. The predicted molar refractivity (Wildman–Crippen MR) is 68.7 cm³/mol. The minimum Gasteiger partial charge on any atom is -0.478 e. The number of fused-ring (bicyclic) bond motifs is 1. The van der Waals surface area contributed by atoms with E-state index in [4.69, 9.17) is 5.11 Å². The van der Waals surface area contributed by atoms with Crippen molar-refractivity contribution in [1.29, 1.82) is 0 Å². The summed E-state index contributed by atoms with van der Waals surface area (Å²) in [6.45, 7) is 6.95. The molecule has 90 valence electrons. The van der Waals surface area contributed by atoms with E-state index in [0.29, 0.717) is 5.56 Å². The molecule has 0 bridgehead atoms. The van der Waals surface area contributed by atoms with E-state index >= 15 is 0 Å². The molecule has 0 atom stereocenters. The Morgan fingerprint density at radius 3 is 2.59 bits per heavy atom. The highest BCUT2D eigenvalue weighted by atomic mass is 16.4. The molecule has 0 saturated carbocycles. The quantitative estimate of drug-likeness (QED) is 0.880. The maximum atomic E-state index is 11.1. The first kappa shape index (κ1) is 11.7. The molecule has 1 heterocycles. The number of nitrogens with zero attached hydrogens (tertiary/aromatic N) is 1. The lowest BCUT2D eigenvalue weighted by Gasteiger charge is -2.07. The molecule has 0 aliphatic rings. The molecule has 0 aliphatic carbocycles. The van der Waals surface area contributed by atoms with E-state index in [-0.39, 0.29) is 0 Å². The number of rotatable bonds is 3. The van der Waals surface area contributed by atoms with Crippen LogP contribution in [0, 0.1) is 13.8 Å². The van der Waals surface area contributed by atoms with Crippen molar-refractivity contribution in [3.63, 3.8) is 0 Å². The van der Waals surface area contributed by atoms with E-state index in [2.05, 4.69) is 24.5 Å². The van der Waals surface area contributed by atoms with Crippen LogP contribution in [0.3, 0.4) is 0 Å². The molecule has 0 aliphatic heterocycles. The number of benzene rings is 1. The third kappa shape index (κ3) is 1.93. The molecule has 0 fully saturated rings. The summed E-state index contributed by atoms with van der Waals surface area (Å²) < 4.78 is 2.18. The van der Waals surface area contributed by atoms with E-state index in [9.17, 15) is 4.79 Å². The lowest BCUT2D eigenvalue weighted by atomic mass is 10.1. The highest BCUT2D eigenvalue weighted by Crippen LogP contribution is 2.24. The lowest BCUT2D eigenvalue weighted by Crippen LogP contribution is -2.02. The van der Waals surface area contributed by atoms with Crippen molar-refractivity contribution in [1.82, 2.24) is 4.57 Å². The Balaban J connectivity index is 2.72. The summed E-state index contributed by atoms with van der Waals surface area (Å²) in [4.78, 5) is 11.1. The summed E-state index contributed by atoms with van der Waals surface area (Å²) in [6.07, 6.45) is 1.04. The Bertz CT molecular complexity index is 581. The second-order valence-corrected chi connectivity index (χ2v) is 4.47. The molecule has 1 N–H and O–H groups in total. The SMILES string of the molecule is CCCn1c(C)cc2cc(C)c(C(=O)O)cc21. The van der Waals surface area contributed by atoms with Gasteiger partial charge in [-0.2, -0.15) is 0 Å². The van der Waals surface area contributed by atoms with E-state index in [1.54, 1.807) is 6.07 Å². The Hall–Kier alpha value is -1.77. The number of carbonyl (C=O) groups is 1. The molecular formula is C14H17NO2. The molecule has 2 aromatic rings. The van der Waals surface area contributed by atoms with Crippen LogP contribution in [-0.2, 0) is 6.54 Å². The van der Waals surface area contributed by atoms with Crippen LogP contribution in [0.5, 0.6) is 0 Å². The Morgan fingerprint density at radius 1 is 1.29 bits per heavy atom. The number of aromatic nitrogens is 1. The van der Waals surface area contributed by atoms with Crippen LogP contribution in [0.15, 0.2) is 18.2 Å². The maximum absolute atomic E-state index is 11.1. The van der Waals surface area contributed by atoms with Gasteiger partial charge in [-0.25, -0.2) is 4.79 Å². The Kier molecular flexibility index (Phi) is 2.92. The third-order valence-electron chi connectivity index (χ3n) is 3.13. The van der Waals surface area contributed by atoms with Crippen molar-refractivity contribution in [2.45, 2.75) is 33.7 Å². The second-order valence-electron chi connectivity index (χ2n) is 4.47. The predicted octanol–water partition coefficient (Wildman–Crippen LogP) is 3.37. The zero-order chi connectivity index (χ0) is 12.6. The van der Waals surface area contributed by atoms with E-state index in [0.717, 1.165) is 29.4 Å². The monoisotopic (exact) mass is 231 g/mol. The van der Waals surface area contributed by atoms with Gasteiger partial charge in [0.1, 0.15) is 0 Å². The molecule has 0 radical (unpaired) electrons. The molecule has 0 saturated heterocycles. The lowest BCUT2D eigenvalue weighted by molar-refractivity contribution is 0.0696. The molecule has 0 amide bonds. The molecule has 3 nitrogen and oxygen atoms in total. The smallest absolute Gasteiger partial charge is 0.336 e. The van der Waals surface area contributed by atoms with Gasteiger partial charge in [-0.1, -0.05) is 6.92 Å². The fourth-order valence-corrected chi connectivity index (χ4v) is 2.31. The summed E-state index contributed by atoms with van der Waals surface area (Å²) in [5, 5.41) is 10.3. The standard InChI is InChI=1S/C14H17NO2/c1-4-5-15-10(3)7-11-6-9(2)12(14(16)17)8-13(11)15/h6-8H,4-5H2,1-3H3,(H,16,17). The average molecular weight is 231 g/mol. The summed E-state index contributed by atoms with van der Waals surface area (Å²) in [5.74, 6) is -0.855. The van der Waals surface area contributed by atoms with Gasteiger partial charge in [0.05, 0.1) is 5.56 Å². The van der Waals surface area contributed by atoms with Crippen LogP contribution < -0.4 is 0 Å². The summed E-state index contributed by atoms with van der Waals surface area (Å²) >= 11 is 0. The van der Waals surface area contributed by atoms with Crippen molar-refractivity contribution >= 4 is 16.9 Å². The highest BCUT2D eigenvalue weighted by molar-refractivity contribution is 5.95. The first-order chi connectivity index (χ1) is 8.04. The Labute approximate surface area is 101 Å². The number of aryl methyl sites for hydroxylation is 3. The first-order valence-corrected chi connectivity index (χ1v) is 5.88. The van der Waals surface area contributed by atoms with Gasteiger partial charge >= 0.3 is 5.97 Å². The molecule has 0 unspecified atom stereocenters. The van der Waals surface area contributed by atoms with Crippen molar-refractivity contribution < 1.29 is 9.90 Å². The zero-order valence-electron chi connectivity index (χ0n) is 10.4. The fraction of sp³-hybridized carbons (Fsp3) is 0.357. The number of hydrogen-bond donors (Lipinski definition) is 1. The van der Waals surface area contributed by atoms with Crippen molar-refractivity contribution in [3.05, 3.63) is 35.0 Å². The molecule has 3 heteroatoms. The molecule has 1 aromatic carbocycles. The van der Waals surface area contributed by atoms with Crippen molar-refractivity contribution in [3.8, 4) is 0 Å². The Morgan fingerprint density at radius 2 is 2.00 bits per heavy atom. The fourth-order valence-electron chi connectivity index (χ4n) is 2.31. The second kappa shape index (κ2) is 4.24. The number of carboxylic acid groups (broad SMARTS) is 1. The van der Waals surface area contributed by atoms with Crippen LogP contribution in [0.25, 0.3) is 10.9 Å². The van der Waals surface area contributed by atoms with Gasteiger partial charge in [0.25, 0.3) is 0 Å². The van der Waals surface area contributed by atoms with Crippen LogP contribution in [-0.4, -0.2) is 15.6 Å². The van der Waals surface area contributed by atoms with E-state index in [1.165, 1.54) is 5.69 Å². The minimum atomic E-state index is -0.855. The normalized spacial score (nSPS) is 11.0. The molecule has 2 rings (SSSR count). The summed E-state index contributed by atoms with van der Waals surface area (Å²) in [5.41, 5.74) is 3.42. The zero-order valence-corrected chi connectivity index (χ0v) is 10.4. The number of aromatic carboxylic acids is 1. The van der Waals surface area contributed by atoms with Gasteiger partial charge in [-0.05, 0) is 44.0 Å². The van der Waals surface area contributed by atoms with Gasteiger partial charge in [-0.3, -0.25) is 0 Å². The van der Waals surface area contributed by atoms with Crippen molar-refractivity contribution in [2.75, 3.05) is 0 Å². The van der Waals surface area contributed by atoms with Crippen LogP contribution in [0.1, 0.15) is 35.0 Å². The molecule has 0 spiro atoms. The van der Waals surface area contributed by atoms with Crippen LogP contribution >= 0.6 is 0 Å². The number of carboxylic acids is 1. The largest absolute Gasteiger partial charge is 0.478 e. The van der Waals surface area contributed by atoms with Crippen LogP contribution in [0.4, 0.5) is 0 Å². The first-order valence-electron chi connectivity index (χ1n) is 5.88. The van der Waals surface area contributed by atoms with Gasteiger partial charge in [-0.15, -0.1) is 0 Å². The van der Waals surface area contributed by atoms with E-state index in [1.807, 2.05) is 13.0 Å². The molecule has 17 heavy (non-hydrogen) atoms. The number of hydrogen-bond acceptors (Lipinski definition) is 1. The topological polar surface area (TPSA) is 42.2 Å². The van der Waals surface area contributed by atoms with Gasteiger partial charge in [0.15, 0.2) is 0 Å². The maximum Gasteiger partial charge on any atom is 0.336 e. The van der Waals surface area contributed by atoms with E-state index < -0.39 is 5.97 Å². The highest BCUT2D eigenvalue weighted by Gasteiger charge is 2.12. The van der Waals surface area contributed by atoms with Crippen LogP contribution in [0.2, 0.25) is 0 Å². The molecular weight excluding hydrogens is 214 g/mol. The minimum absolute atomic E-state index is 0.396. The van der Waals surface area contributed by atoms with Gasteiger partial charge in [0.2, 0.25) is 0 Å². The average Bonchev–Trinajstić information content (AvgIpc) is 2.54. The molecule has 1 aromatic heterocycles. The van der Waals surface area contributed by atoms with Crippen molar-refractivity contribution in [2.24, 2.45) is 0 Å².